The molecule has 0 unspecified atom stereocenters. The molecule has 2 aromatic carbocycles. The summed E-state index contributed by atoms with van der Waals surface area (Å²) in [7, 11) is 0. The van der Waals surface area contributed by atoms with Crippen molar-refractivity contribution in [2.24, 2.45) is 0 Å². The van der Waals surface area contributed by atoms with Crippen LogP contribution in [0.1, 0.15) is 36.9 Å². The van der Waals surface area contributed by atoms with Gasteiger partial charge >= 0.3 is 0 Å². The van der Waals surface area contributed by atoms with Gasteiger partial charge in [-0.2, -0.15) is 0 Å². The minimum atomic E-state index is -0.696. The molecule has 1 aromatic heterocycles. The third-order valence-electron chi connectivity index (χ3n) is 5.61. The maximum atomic E-state index is 13.1. The molecular formula is C26H27N3O4. The highest BCUT2D eigenvalue weighted by atomic mass is 16.5. The lowest BCUT2D eigenvalue weighted by molar-refractivity contribution is -0.139. The lowest BCUT2D eigenvalue weighted by atomic mass is 9.95. The Kier molecular flexibility index (Phi) is 6.88. The van der Waals surface area contributed by atoms with E-state index in [1.54, 1.807) is 41.7 Å². The van der Waals surface area contributed by atoms with Crippen LogP contribution in [-0.2, 0) is 16.1 Å². The second-order valence-corrected chi connectivity index (χ2v) is 7.93. The van der Waals surface area contributed by atoms with Gasteiger partial charge in [-0.05, 0) is 30.5 Å². The molecule has 7 nitrogen and oxygen atoms in total. The number of imidazole rings is 1. The quantitative estimate of drug-likeness (QED) is 0.303. The van der Waals surface area contributed by atoms with Gasteiger partial charge in [0.2, 0.25) is 0 Å². The van der Waals surface area contributed by atoms with E-state index in [0.29, 0.717) is 37.4 Å². The van der Waals surface area contributed by atoms with E-state index < -0.39 is 17.7 Å². The molecule has 1 amide bonds. The number of aromatic nitrogens is 2. The third kappa shape index (κ3) is 4.82. The molecule has 0 bridgehead atoms. The monoisotopic (exact) mass is 445 g/mol. The molecular weight excluding hydrogens is 418 g/mol. The number of nitrogens with zero attached hydrogens (tertiary/aromatic N) is 3. The molecule has 0 saturated carbocycles. The summed E-state index contributed by atoms with van der Waals surface area (Å²) >= 11 is 0. The van der Waals surface area contributed by atoms with Gasteiger partial charge in [-0.25, -0.2) is 4.98 Å². The van der Waals surface area contributed by atoms with Gasteiger partial charge in [0.15, 0.2) is 0 Å². The summed E-state index contributed by atoms with van der Waals surface area (Å²) < 4.78 is 7.70. The first-order valence-electron chi connectivity index (χ1n) is 11.1. The van der Waals surface area contributed by atoms with Gasteiger partial charge in [-0.15, -0.1) is 0 Å². The summed E-state index contributed by atoms with van der Waals surface area (Å²) in [6.45, 7) is 3.62. The average Bonchev–Trinajstić information content (AvgIpc) is 3.45. The molecule has 0 spiro atoms. The number of ketones is 1. The van der Waals surface area contributed by atoms with Crippen LogP contribution >= 0.6 is 0 Å². The van der Waals surface area contributed by atoms with Crippen molar-refractivity contribution in [2.45, 2.75) is 32.4 Å². The highest BCUT2D eigenvalue weighted by Gasteiger charge is 2.45. The summed E-state index contributed by atoms with van der Waals surface area (Å²) in [4.78, 5) is 31.8. The second kappa shape index (κ2) is 10.2. The summed E-state index contributed by atoms with van der Waals surface area (Å²) in [5.74, 6) is -0.791. The number of carbonyl (C=O) groups is 2. The summed E-state index contributed by atoms with van der Waals surface area (Å²) in [6, 6.07) is 15.5. The fraction of sp³-hybridized carbons (Fsp3) is 0.269. The number of aliphatic hydroxyl groups excluding tert-OH is 1. The Hall–Kier alpha value is -3.87. The standard InChI is InChI=1S/C26H27N3O4/c1-2-16-33-21-11-6-10-20(17-21)23-22(24(30)19-8-4-3-5-9-19)25(31)26(32)29(23)14-7-13-28-15-12-27-18-28/h3-6,8-12,15,17-18,23,30H,2,7,13-14,16H2,1H3/b24-22+/t23-/m1/s1. The number of aliphatic hydroxyl groups is 1. The highest BCUT2D eigenvalue weighted by molar-refractivity contribution is 6.46. The number of amides is 1. The molecule has 4 rings (SSSR count). The maximum Gasteiger partial charge on any atom is 0.295 e. The van der Waals surface area contributed by atoms with Crippen molar-refractivity contribution in [3.63, 3.8) is 0 Å². The number of carbonyl (C=O) groups excluding carboxylic acids is 2. The van der Waals surface area contributed by atoms with Crippen LogP contribution < -0.4 is 4.74 Å². The molecule has 0 radical (unpaired) electrons. The first-order chi connectivity index (χ1) is 16.1. The Morgan fingerprint density at radius 1 is 1.09 bits per heavy atom. The minimum absolute atomic E-state index is 0.0986. The summed E-state index contributed by atoms with van der Waals surface area (Å²) in [5, 5.41) is 11.1. The average molecular weight is 446 g/mol. The van der Waals surface area contributed by atoms with Crippen molar-refractivity contribution < 1.29 is 19.4 Å². The van der Waals surface area contributed by atoms with Crippen molar-refractivity contribution in [3.8, 4) is 5.75 Å². The van der Waals surface area contributed by atoms with Gasteiger partial charge in [-0.3, -0.25) is 9.59 Å². The topological polar surface area (TPSA) is 84.7 Å². The van der Waals surface area contributed by atoms with Gasteiger partial charge < -0.3 is 19.3 Å². The molecule has 3 aromatic rings. The van der Waals surface area contributed by atoms with Crippen molar-refractivity contribution in [2.75, 3.05) is 13.2 Å². The fourth-order valence-electron chi connectivity index (χ4n) is 4.05. The first kappa shape index (κ1) is 22.3. The largest absolute Gasteiger partial charge is 0.507 e. The molecule has 2 heterocycles. The zero-order valence-electron chi connectivity index (χ0n) is 18.6. The molecule has 33 heavy (non-hydrogen) atoms. The number of aryl methyl sites for hydroxylation is 1. The van der Waals surface area contributed by atoms with Gasteiger partial charge in [0, 0.05) is 31.0 Å². The molecule has 1 aliphatic rings. The molecule has 1 atom stereocenters. The van der Waals surface area contributed by atoms with E-state index in [9.17, 15) is 14.7 Å². The van der Waals surface area contributed by atoms with Crippen LogP contribution in [0.3, 0.4) is 0 Å². The van der Waals surface area contributed by atoms with E-state index in [4.69, 9.17) is 4.74 Å². The number of benzene rings is 2. The number of Topliss-reactive ketones (excluding diaryl/α,β-unsaturated/α-hetero) is 1. The Labute approximate surface area is 192 Å². The minimum Gasteiger partial charge on any atom is -0.507 e. The molecule has 1 fully saturated rings. The van der Waals surface area contributed by atoms with Gasteiger partial charge in [0.05, 0.1) is 24.5 Å². The van der Waals surface area contributed by atoms with E-state index in [-0.39, 0.29) is 11.3 Å². The van der Waals surface area contributed by atoms with Crippen molar-refractivity contribution >= 4 is 17.4 Å². The molecule has 7 heteroatoms. The maximum absolute atomic E-state index is 13.1. The summed E-state index contributed by atoms with van der Waals surface area (Å²) in [5.41, 5.74) is 1.32. The second-order valence-electron chi connectivity index (χ2n) is 7.93. The number of rotatable bonds is 9. The molecule has 1 N–H and O–H groups in total. The lowest BCUT2D eigenvalue weighted by Gasteiger charge is -2.25. The lowest BCUT2D eigenvalue weighted by Crippen LogP contribution is -2.31. The highest BCUT2D eigenvalue weighted by Crippen LogP contribution is 2.40. The Balaban J connectivity index is 1.72. The SMILES string of the molecule is CCCOc1cccc([C@@H]2/C(=C(\O)c3ccccc3)C(=O)C(=O)N2CCCn2ccnc2)c1. The molecule has 1 saturated heterocycles. The van der Waals surface area contributed by atoms with Crippen molar-refractivity contribution in [1.82, 2.24) is 14.5 Å². The molecule has 0 aliphatic carbocycles. The van der Waals surface area contributed by atoms with Gasteiger partial charge in [0.1, 0.15) is 11.5 Å². The predicted octanol–water partition coefficient (Wildman–Crippen LogP) is 4.18. The fourth-order valence-corrected chi connectivity index (χ4v) is 4.05. The van der Waals surface area contributed by atoms with Gasteiger partial charge in [0.25, 0.3) is 11.7 Å². The van der Waals surface area contributed by atoms with Crippen LogP contribution in [0, 0.1) is 0 Å². The van der Waals surface area contributed by atoms with E-state index in [1.807, 2.05) is 48.0 Å². The zero-order valence-corrected chi connectivity index (χ0v) is 18.6. The zero-order chi connectivity index (χ0) is 23.2. The predicted molar refractivity (Wildman–Crippen MR) is 125 cm³/mol. The van der Waals surface area contributed by atoms with E-state index in [2.05, 4.69) is 4.98 Å². The summed E-state index contributed by atoms with van der Waals surface area (Å²) in [6.07, 6.45) is 6.78. The van der Waals surface area contributed by atoms with Crippen LogP contribution in [0.25, 0.3) is 5.76 Å². The van der Waals surface area contributed by atoms with Crippen LogP contribution in [-0.4, -0.2) is 44.4 Å². The van der Waals surface area contributed by atoms with Gasteiger partial charge in [-0.1, -0.05) is 49.4 Å². The van der Waals surface area contributed by atoms with E-state index in [1.165, 1.54) is 0 Å². The van der Waals surface area contributed by atoms with Crippen molar-refractivity contribution in [1.29, 1.82) is 0 Å². The first-order valence-corrected chi connectivity index (χ1v) is 11.1. The smallest absolute Gasteiger partial charge is 0.295 e. The van der Waals surface area contributed by atoms with Crippen LogP contribution in [0.4, 0.5) is 0 Å². The normalized spacial score (nSPS) is 17.5. The van der Waals surface area contributed by atoms with Crippen molar-refractivity contribution in [3.05, 3.63) is 90.0 Å². The molecule has 170 valence electrons. The number of likely N-dealkylation sites (tertiary alicyclic amines) is 1. The Morgan fingerprint density at radius 2 is 1.91 bits per heavy atom. The van der Waals surface area contributed by atoms with Crippen LogP contribution in [0.5, 0.6) is 5.75 Å². The third-order valence-corrected chi connectivity index (χ3v) is 5.61. The van der Waals surface area contributed by atoms with Crippen LogP contribution in [0.15, 0.2) is 78.9 Å². The van der Waals surface area contributed by atoms with E-state index >= 15 is 0 Å². The Morgan fingerprint density at radius 3 is 2.64 bits per heavy atom. The molecule has 1 aliphatic heterocycles. The number of hydrogen-bond acceptors (Lipinski definition) is 5. The van der Waals surface area contributed by atoms with Crippen LogP contribution in [0.2, 0.25) is 0 Å². The Bertz CT molecular complexity index is 1140. The van der Waals surface area contributed by atoms with E-state index in [0.717, 1.165) is 12.0 Å². The number of ether oxygens (including phenoxy) is 1. The number of hydrogen-bond donors (Lipinski definition) is 1.